The fourth-order valence-corrected chi connectivity index (χ4v) is 4.91. The van der Waals surface area contributed by atoms with E-state index < -0.39 is 0 Å². The van der Waals surface area contributed by atoms with Crippen LogP contribution in [-0.2, 0) is 11.3 Å². The van der Waals surface area contributed by atoms with Gasteiger partial charge in [-0.2, -0.15) is 0 Å². The van der Waals surface area contributed by atoms with Gasteiger partial charge in [-0.3, -0.25) is 4.90 Å². The summed E-state index contributed by atoms with van der Waals surface area (Å²) in [4.78, 5) is 17.5. The molecule has 0 bridgehead atoms. The molecule has 138 valence electrons. The van der Waals surface area contributed by atoms with Crippen LogP contribution >= 0.6 is 23.4 Å². The van der Waals surface area contributed by atoms with Crippen molar-refractivity contribution in [3.05, 3.63) is 47.1 Å². The van der Waals surface area contributed by atoms with E-state index in [-0.39, 0.29) is 12.1 Å². The average Bonchev–Trinajstić information content (AvgIpc) is 3.02. The van der Waals surface area contributed by atoms with Gasteiger partial charge in [0.1, 0.15) is 0 Å². The number of ether oxygens (including phenoxy) is 1. The number of piperazine rings is 1. The quantitative estimate of drug-likeness (QED) is 0.771. The van der Waals surface area contributed by atoms with E-state index >= 15 is 0 Å². The van der Waals surface area contributed by atoms with Gasteiger partial charge in [-0.15, -0.1) is 0 Å². The minimum Gasteiger partial charge on any atom is -0.450 e. The molecule has 0 radical (unpaired) electrons. The zero-order chi connectivity index (χ0) is 18.1. The molecule has 0 N–H and O–H groups in total. The van der Waals surface area contributed by atoms with E-state index in [1.807, 2.05) is 13.0 Å². The molecule has 2 aromatic rings. The number of carbonyl (C=O) groups excluding carboxylic acids is 1. The third-order valence-corrected chi connectivity index (χ3v) is 6.39. The lowest BCUT2D eigenvalue weighted by Crippen LogP contribution is -2.50. The normalized spacial score (nSPS) is 20.2. The molecule has 3 heterocycles. The Morgan fingerprint density at radius 1 is 1.27 bits per heavy atom. The van der Waals surface area contributed by atoms with E-state index in [2.05, 4.69) is 39.9 Å². The first-order valence-electron chi connectivity index (χ1n) is 8.94. The van der Waals surface area contributed by atoms with Crippen LogP contribution < -0.4 is 0 Å². The molecule has 4 rings (SSSR count). The second kappa shape index (κ2) is 7.55. The van der Waals surface area contributed by atoms with Gasteiger partial charge in [0.25, 0.3) is 0 Å². The van der Waals surface area contributed by atoms with Crippen LogP contribution in [0.25, 0.3) is 0 Å². The van der Waals surface area contributed by atoms with E-state index in [1.165, 1.54) is 15.5 Å². The second-order valence-corrected chi connectivity index (χ2v) is 8.02. The van der Waals surface area contributed by atoms with Gasteiger partial charge in [0.2, 0.25) is 0 Å². The average molecular weight is 392 g/mol. The highest BCUT2D eigenvalue weighted by atomic mass is 35.5. The van der Waals surface area contributed by atoms with Crippen LogP contribution in [0.4, 0.5) is 4.79 Å². The number of rotatable bonds is 2. The third kappa shape index (κ3) is 3.46. The van der Waals surface area contributed by atoms with Gasteiger partial charge >= 0.3 is 6.09 Å². The van der Waals surface area contributed by atoms with Gasteiger partial charge in [0, 0.05) is 48.8 Å². The summed E-state index contributed by atoms with van der Waals surface area (Å²) in [6.45, 7) is 6.19. The van der Waals surface area contributed by atoms with Crippen molar-refractivity contribution in [2.24, 2.45) is 0 Å². The number of hydrogen-bond donors (Lipinski definition) is 0. The number of halogens is 1. The van der Waals surface area contributed by atoms with E-state index in [1.54, 1.807) is 16.7 Å². The van der Waals surface area contributed by atoms with Gasteiger partial charge in [-0.1, -0.05) is 23.4 Å². The predicted octanol–water partition coefficient (Wildman–Crippen LogP) is 4.12. The summed E-state index contributed by atoms with van der Waals surface area (Å²) in [6, 6.07) is 10.7. The van der Waals surface area contributed by atoms with Gasteiger partial charge in [0.05, 0.1) is 17.7 Å². The summed E-state index contributed by atoms with van der Waals surface area (Å²) in [7, 11) is 0. The van der Waals surface area contributed by atoms with Crippen molar-refractivity contribution in [3.63, 3.8) is 0 Å². The molecule has 1 unspecified atom stereocenters. The number of aromatic nitrogens is 1. The fourth-order valence-electron chi connectivity index (χ4n) is 3.66. The Kier molecular flexibility index (Phi) is 5.16. The predicted molar refractivity (Wildman–Crippen MR) is 103 cm³/mol. The number of fused-ring (bicyclic) bond motifs is 2. The van der Waals surface area contributed by atoms with Gasteiger partial charge in [0.15, 0.2) is 0 Å². The standard InChI is InChI=1S/C19H22ClN3O2S/c1-2-25-19(24)22-10-8-21(9-11-22)16-13-23-7-3-4-18(23)26-17-6-5-14(20)12-15(16)17/h3-7,12,16H,2,8-11,13H2,1H3. The zero-order valence-electron chi connectivity index (χ0n) is 14.7. The van der Waals surface area contributed by atoms with Crippen LogP contribution in [0, 0.1) is 0 Å². The molecular weight excluding hydrogens is 370 g/mol. The zero-order valence-corrected chi connectivity index (χ0v) is 16.3. The molecule has 26 heavy (non-hydrogen) atoms. The molecule has 2 aliphatic rings. The lowest BCUT2D eigenvalue weighted by Gasteiger charge is -2.39. The number of nitrogens with zero attached hydrogens (tertiary/aromatic N) is 3. The summed E-state index contributed by atoms with van der Waals surface area (Å²) in [5.74, 6) is 0. The van der Waals surface area contributed by atoms with Crippen molar-refractivity contribution in [1.29, 1.82) is 0 Å². The Morgan fingerprint density at radius 2 is 2.08 bits per heavy atom. The lowest BCUT2D eigenvalue weighted by molar-refractivity contribution is 0.0616. The van der Waals surface area contributed by atoms with Crippen LogP contribution in [0.2, 0.25) is 5.02 Å². The van der Waals surface area contributed by atoms with Crippen LogP contribution in [0.1, 0.15) is 18.5 Å². The van der Waals surface area contributed by atoms with E-state index in [0.29, 0.717) is 19.7 Å². The first-order chi connectivity index (χ1) is 12.7. The van der Waals surface area contributed by atoms with Crippen molar-refractivity contribution < 1.29 is 9.53 Å². The molecule has 1 aromatic carbocycles. The van der Waals surface area contributed by atoms with Crippen molar-refractivity contribution in [2.45, 2.75) is 29.4 Å². The number of amides is 1. The Labute approximate surface area is 162 Å². The first-order valence-corrected chi connectivity index (χ1v) is 10.1. The van der Waals surface area contributed by atoms with Crippen molar-refractivity contribution in [1.82, 2.24) is 14.4 Å². The molecule has 1 amide bonds. The van der Waals surface area contributed by atoms with E-state index in [0.717, 1.165) is 24.7 Å². The van der Waals surface area contributed by atoms with E-state index in [9.17, 15) is 4.79 Å². The number of carbonyl (C=O) groups is 1. The van der Waals surface area contributed by atoms with Crippen molar-refractivity contribution in [2.75, 3.05) is 32.8 Å². The molecule has 1 atom stereocenters. The summed E-state index contributed by atoms with van der Waals surface area (Å²) in [5, 5.41) is 2.02. The Balaban J connectivity index is 1.58. The van der Waals surface area contributed by atoms with Gasteiger partial charge in [-0.05, 0) is 42.8 Å². The highest BCUT2D eigenvalue weighted by Crippen LogP contribution is 2.41. The highest BCUT2D eigenvalue weighted by molar-refractivity contribution is 7.99. The van der Waals surface area contributed by atoms with Crippen molar-refractivity contribution >= 4 is 29.5 Å². The van der Waals surface area contributed by atoms with Crippen LogP contribution in [0.3, 0.4) is 0 Å². The number of hydrogen-bond acceptors (Lipinski definition) is 4. The van der Waals surface area contributed by atoms with Crippen LogP contribution in [0.5, 0.6) is 0 Å². The first kappa shape index (κ1) is 17.8. The van der Waals surface area contributed by atoms with Crippen LogP contribution in [0.15, 0.2) is 46.5 Å². The molecule has 1 aromatic heterocycles. The minimum absolute atomic E-state index is 0.209. The topological polar surface area (TPSA) is 37.7 Å². The van der Waals surface area contributed by atoms with Gasteiger partial charge < -0.3 is 14.2 Å². The largest absolute Gasteiger partial charge is 0.450 e. The molecule has 0 aliphatic carbocycles. The van der Waals surface area contributed by atoms with Gasteiger partial charge in [-0.25, -0.2) is 4.79 Å². The third-order valence-electron chi connectivity index (χ3n) is 4.98. The molecule has 5 nitrogen and oxygen atoms in total. The molecule has 2 aliphatic heterocycles. The molecule has 1 fully saturated rings. The number of benzene rings is 1. The monoisotopic (exact) mass is 391 g/mol. The summed E-state index contributed by atoms with van der Waals surface area (Å²) < 4.78 is 7.44. The summed E-state index contributed by atoms with van der Waals surface area (Å²) in [6.07, 6.45) is 1.93. The van der Waals surface area contributed by atoms with E-state index in [4.69, 9.17) is 16.3 Å². The smallest absolute Gasteiger partial charge is 0.409 e. The molecule has 7 heteroatoms. The molecule has 1 saturated heterocycles. The maximum Gasteiger partial charge on any atom is 0.409 e. The second-order valence-electron chi connectivity index (χ2n) is 6.52. The Bertz CT molecular complexity index is 802. The Hall–Kier alpha value is -1.63. The summed E-state index contributed by atoms with van der Waals surface area (Å²) in [5.41, 5.74) is 1.27. The molecule has 0 saturated carbocycles. The maximum atomic E-state index is 12.0. The molecular formula is C19H22ClN3O2S. The SMILES string of the molecule is CCOC(=O)N1CCN(C2Cn3cccc3Sc3ccc(Cl)cc32)CC1. The molecule has 0 spiro atoms. The maximum absolute atomic E-state index is 12.0. The fraction of sp³-hybridized carbons (Fsp3) is 0.421. The Morgan fingerprint density at radius 3 is 2.85 bits per heavy atom. The van der Waals surface area contributed by atoms with Crippen LogP contribution in [-0.4, -0.2) is 53.2 Å². The highest BCUT2D eigenvalue weighted by Gasteiger charge is 2.31. The van der Waals surface area contributed by atoms with Crippen molar-refractivity contribution in [3.8, 4) is 0 Å². The minimum atomic E-state index is -0.209. The lowest BCUT2D eigenvalue weighted by atomic mass is 10.0. The summed E-state index contributed by atoms with van der Waals surface area (Å²) >= 11 is 8.11.